The first-order chi connectivity index (χ1) is 9.83. The molecule has 2 rings (SSSR count). The Bertz CT molecular complexity index is 713. The molecular weight excluding hydrogens is 280 g/mol. The van der Waals surface area contributed by atoms with Crippen LogP contribution in [0.5, 0.6) is 5.75 Å². The number of non-ortho nitro benzene ring substituents is 1. The number of pyridine rings is 1. The lowest BCUT2D eigenvalue weighted by Crippen LogP contribution is -2.41. The quantitative estimate of drug-likeness (QED) is 0.629. The molecule has 0 saturated carbocycles. The Kier molecular flexibility index (Phi) is 3.72. The predicted molar refractivity (Wildman–Crippen MR) is 72.2 cm³/mol. The molecule has 1 atom stereocenters. The molecule has 0 aliphatic carbocycles. The number of benzene rings is 1. The maximum absolute atomic E-state index is 10.9. The number of hydrogen-bond donors (Lipinski definition) is 2. The summed E-state index contributed by atoms with van der Waals surface area (Å²) in [5.74, 6) is -1.21. The molecule has 21 heavy (non-hydrogen) atoms. The van der Waals surface area contributed by atoms with Crippen LogP contribution in [0, 0.1) is 10.1 Å². The first kappa shape index (κ1) is 14.7. The Morgan fingerprint density at radius 1 is 1.48 bits per heavy atom. The Labute approximate surface area is 118 Å². The normalized spacial score (nSPS) is 13.6. The molecule has 1 aromatic carbocycles. The molecule has 1 unspecified atom stereocenters. The number of carbonyl (C=O) groups is 1. The molecule has 0 fully saturated rings. The number of hydrogen-bond acceptors (Lipinski definition) is 6. The molecule has 8 heteroatoms. The molecular formula is C13H12N2O6. The lowest BCUT2D eigenvalue weighted by atomic mass is 10.1. The molecule has 0 aliphatic rings. The van der Waals surface area contributed by atoms with E-state index in [0.717, 1.165) is 6.92 Å². The molecule has 0 radical (unpaired) electrons. The van der Waals surface area contributed by atoms with Crippen LogP contribution in [0.2, 0.25) is 0 Å². The summed E-state index contributed by atoms with van der Waals surface area (Å²) in [4.78, 5) is 25.1. The monoisotopic (exact) mass is 292 g/mol. The topological polar surface area (TPSA) is 123 Å². The van der Waals surface area contributed by atoms with Gasteiger partial charge in [0.25, 0.3) is 5.69 Å². The van der Waals surface area contributed by atoms with Gasteiger partial charge in [0.2, 0.25) is 0 Å². The highest BCUT2D eigenvalue weighted by atomic mass is 16.6. The minimum Gasteiger partial charge on any atom is -0.489 e. The first-order valence-electron chi connectivity index (χ1n) is 5.93. The second-order valence-corrected chi connectivity index (χ2v) is 4.61. The van der Waals surface area contributed by atoms with E-state index in [9.17, 15) is 20.0 Å². The molecule has 2 aromatic rings. The minimum absolute atomic E-state index is 0.134. The summed E-state index contributed by atoms with van der Waals surface area (Å²) >= 11 is 0. The van der Waals surface area contributed by atoms with Crippen molar-refractivity contribution in [2.75, 3.05) is 6.61 Å². The predicted octanol–water partition coefficient (Wildman–Crippen LogP) is 1.36. The number of nitro benzene ring substituents is 1. The molecule has 110 valence electrons. The number of carboxylic acid groups (broad SMARTS) is 1. The number of nitrogens with zero attached hydrogens (tertiary/aromatic N) is 2. The number of aliphatic carboxylic acids is 1. The standard InChI is InChI=1S/C13H12N2O6/c1-13(18,12(16)17)7-21-10-5-4-9(15(19)20)11-8(10)3-2-6-14-11/h2-6,18H,7H2,1H3,(H,16,17). The fourth-order valence-electron chi connectivity index (χ4n) is 1.68. The average molecular weight is 292 g/mol. The fourth-order valence-corrected chi connectivity index (χ4v) is 1.68. The highest BCUT2D eigenvalue weighted by Crippen LogP contribution is 2.31. The molecule has 0 amide bonds. The summed E-state index contributed by atoms with van der Waals surface area (Å²) in [6.45, 7) is 0.602. The number of ether oxygens (including phenoxy) is 1. The van der Waals surface area contributed by atoms with Crippen molar-refractivity contribution >= 4 is 22.6 Å². The lowest BCUT2D eigenvalue weighted by Gasteiger charge is -2.19. The zero-order valence-electron chi connectivity index (χ0n) is 11.0. The van der Waals surface area contributed by atoms with E-state index in [1.807, 2.05) is 0 Å². The van der Waals surface area contributed by atoms with Crippen LogP contribution in [0.1, 0.15) is 6.92 Å². The number of aromatic nitrogens is 1. The Morgan fingerprint density at radius 2 is 2.19 bits per heavy atom. The Hall–Kier alpha value is -2.74. The average Bonchev–Trinajstić information content (AvgIpc) is 2.44. The van der Waals surface area contributed by atoms with Crippen molar-refractivity contribution in [1.29, 1.82) is 0 Å². The molecule has 1 heterocycles. The molecule has 1 aromatic heterocycles. The van der Waals surface area contributed by atoms with Crippen molar-refractivity contribution in [1.82, 2.24) is 4.98 Å². The van der Waals surface area contributed by atoms with E-state index in [2.05, 4.69) is 4.98 Å². The summed E-state index contributed by atoms with van der Waals surface area (Å²) in [6.07, 6.45) is 1.41. The second-order valence-electron chi connectivity index (χ2n) is 4.61. The van der Waals surface area contributed by atoms with Crippen molar-refractivity contribution < 1.29 is 24.7 Å². The van der Waals surface area contributed by atoms with E-state index in [1.54, 1.807) is 12.1 Å². The maximum atomic E-state index is 10.9. The molecule has 2 N–H and O–H groups in total. The van der Waals surface area contributed by atoms with Crippen LogP contribution < -0.4 is 4.74 Å². The Balaban J connectivity index is 2.40. The fraction of sp³-hybridized carbons (Fsp3) is 0.231. The van der Waals surface area contributed by atoms with Gasteiger partial charge in [-0.25, -0.2) is 9.78 Å². The van der Waals surface area contributed by atoms with Gasteiger partial charge in [0.15, 0.2) is 11.1 Å². The van der Waals surface area contributed by atoms with E-state index in [0.29, 0.717) is 5.39 Å². The number of rotatable bonds is 5. The zero-order chi connectivity index (χ0) is 15.6. The maximum Gasteiger partial charge on any atom is 0.339 e. The largest absolute Gasteiger partial charge is 0.489 e. The van der Waals surface area contributed by atoms with Gasteiger partial charge >= 0.3 is 5.97 Å². The summed E-state index contributed by atoms with van der Waals surface area (Å²) in [6, 6.07) is 5.72. The van der Waals surface area contributed by atoms with Gasteiger partial charge in [-0.15, -0.1) is 0 Å². The third-order valence-electron chi connectivity index (χ3n) is 2.87. The molecule has 0 spiro atoms. The van der Waals surface area contributed by atoms with Gasteiger partial charge in [0, 0.05) is 17.6 Å². The minimum atomic E-state index is -2.06. The van der Waals surface area contributed by atoms with Crippen molar-refractivity contribution in [2.24, 2.45) is 0 Å². The highest BCUT2D eigenvalue weighted by molar-refractivity contribution is 5.92. The number of nitro groups is 1. The van der Waals surface area contributed by atoms with Gasteiger partial charge in [-0.1, -0.05) is 0 Å². The number of fused-ring (bicyclic) bond motifs is 1. The zero-order valence-corrected chi connectivity index (χ0v) is 11.0. The Morgan fingerprint density at radius 3 is 2.81 bits per heavy atom. The van der Waals surface area contributed by atoms with Crippen LogP contribution in [0.25, 0.3) is 10.9 Å². The van der Waals surface area contributed by atoms with Gasteiger partial charge in [0.05, 0.1) is 4.92 Å². The van der Waals surface area contributed by atoms with E-state index in [4.69, 9.17) is 9.84 Å². The van der Waals surface area contributed by atoms with Crippen molar-refractivity contribution in [3.8, 4) is 5.75 Å². The van der Waals surface area contributed by atoms with Crippen LogP contribution in [0.4, 0.5) is 5.69 Å². The van der Waals surface area contributed by atoms with E-state index in [1.165, 1.54) is 18.3 Å². The van der Waals surface area contributed by atoms with Crippen molar-refractivity contribution in [2.45, 2.75) is 12.5 Å². The summed E-state index contributed by atoms with van der Waals surface area (Å²) in [5, 5.41) is 29.7. The number of carboxylic acids is 1. The third kappa shape index (κ3) is 2.90. The molecule has 0 saturated heterocycles. The van der Waals surface area contributed by atoms with Crippen molar-refractivity contribution in [3.63, 3.8) is 0 Å². The SMILES string of the molecule is CC(O)(COc1ccc([N+](=O)[O-])c2ncccc12)C(=O)O. The molecule has 8 nitrogen and oxygen atoms in total. The van der Waals surface area contributed by atoms with E-state index < -0.39 is 23.1 Å². The first-order valence-corrected chi connectivity index (χ1v) is 5.93. The summed E-state index contributed by atoms with van der Waals surface area (Å²) in [7, 11) is 0. The van der Waals surface area contributed by atoms with Gasteiger partial charge in [-0.05, 0) is 25.1 Å². The molecule has 0 bridgehead atoms. The van der Waals surface area contributed by atoms with E-state index in [-0.39, 0.29) is 17.0 Å². The van der Waals surface area contributed by atoms with E-state index >= 15 is 0 Å². The van der Waals surface area contributed by atoms with Gasteiger partial charge < -0.3 is 14.9 Å². The van der Waals surface area contributed by atoms with Crippen molar-refractivity contribution in [3.05, 3.63) is 40.6 Å². The van der Waals surface area contributed by atoms with Crippen LogP contribution in [0.15, 0.2) is 30.5 Å². The summed E-state index contributed by atoms with van der Waals surface area (Å²) < 4.78 is 5.29. The number of aliphatic hydroxyl groups is 1. The third-order valence-corrected chi connectivity index (χ3v) is 2.87. The van der Waals surface area contributed by atoms with Crippen LogP contribution >= 0.6 is 0 Å². The highest BCUT2D eigenvalue weighted by Gasteiger charge is 2.31. The van der Waals surface area contributed by atoms with Crippen LogP contribution in [-0.2, 0) is 4.79 Å². The van der Waals surface area contributed by atoms with Gasteiger partial charge in [0.1, 0.15) is 12.4 Å². The summed E-state index contributed by atoms with van der Waals surface area (Å²) in [5.41, 5.74) is -2.10. The van der Waals surface area contributed by atoms with Gasteiger partial charge in [-0.3, -0.25) is 10.1 Å². The lowest BCUT2D eigenvalue weighted by molar-refractivity contribution is -0.383. The van der Waals surface area contributed by atoms with Crippen LogP contribution in [-0.4, -0.2) is 38.3 Å². The smallest absolute Gasteiger partial charge is 0.339 e. The van der Waals surface area contributed by atoms with Crippen LogP contribution in [0.3, 0.4) is 0 Å². The van der Waals surface area contributed by atoms with Gasteiger partial charge in [-0.2, -0.15) is 0 Å². The molecule has 0 aliphatic heterocycles. The second kappa shape index (κ2) is 5.33.